The van der Waals surface area contributed by atoms with E-state index in [1.165, 1.54) is 80.4 Å². The van der Waals surface area contributed by atoms with Crippen LogP contribution in [0.2, 0.25) is 0 Å². The second kappa shape index (κ2) is 38.9. The predicted molar refractivity (Wildman–Crippen MR) is 488 cm³/mol. The van der Waals surface area contributed by atoms with Crippen molar-refractivity contribution in [2.24, 2.45) is 5.92 Å². The highest BCUT2D eigenvalue weighted by atomic mass is 16.5. The molecule has 3 aromatic heterocycles. The lowest BCUT2D eigenvalue weighted by atomic mass is 10.0. The third-order valence-corrected chi connectivity index (χ3v) is 26.7. The van der Waals surface area contributed by atoms with Gasteiger partial charge in [0.1, 0.15) is 55.4 Å². The third-order valence-electron chi connectivity index (χ3n) is 26.7. The number of piperazine rings is 3. The molecule has 3 amide bonds. The molecule has 27 nitrogen and oxygen atoms in total. The monoisotopic (exact) mass is 1670 g/mol. The Labute approximate surface area is 728 Å². The molecule has 0 radical (unpaired) electrons. The fourth-order valence-electron chi connectivity index (χ4n) is 19.7. The second-order valence-corrected chi connectivity index (χ2v) is 34.1. The van der Waals surface area contributed by atoms with E-state index in [1.54, 1.807) is 14.7 Å². The summed E-state index contributed by atoms with van der Waals surface area (Å²) in [6.07, 6.45) is 12.2. The fraction of sp³-hybridized carbons (Fsp3) is 0.443. The number of likely N-dealkylation sites (tertiary alicyclic amines) is 3. The largest absolute Gasteiger partial charge is 0.462 e. The Morgan fingerprint density at radius 3 is 1.19 bits per heavy atom. The Kier molecular flexibility index (Phi) is 26.7. The summed E-state index contributed by atoms with van der Waals surface area (Å²) < 4.78 is 18.9. The molecule has 18 rings (SSSR count). The Hall–Kier alpha value is -12.5. The molecule has 0 aliphatic carbocycles. The molecule has 6 fully saturated rings. The lowest BCUT2D eigenvalue weighted by Crippen LogP contribution is -2.56. The average Bonchev–Trinajstić information content (AvgIpc) is 0.916. The summed E-state index contributed by atoms with van der Waals surface area (Å²) in [5.41, 5.74) is 9.93. The van der Waals surface area contributed by atoms with Crippen molar-refractivity contribution in [1.82, 2.24) is 59.3 Å². The van der Waals surface area contributed by atoms with Gasteiger partial charge in [-0.1, -0.05) is 136 Å². The molecule has 0 bridgehead atoms. The quantitative estimate of drug-likeness (QED) is 0.0484. The first-order valence-electron chi connectivity index (χ1n) is 44.0. The Bertz CT molecular complexity index is 5530. The van der Waals surface area contributed by atoms with Crippen molar-refractivity contribution in [3.63, 3.8) is 0 Å². The van der Waals surface area contributed by atoms with Crippen LogP contribution in [0.25, 0.3) is 46.9 Å². The van der Waals surface area contributed by atoms with Gasteiger partial charge in [0, 0.05) is 147 Å². The average molecular weight is 1670 g/mol. The number of benzene rings is 6. The summed E-state index contributed by atoms with van der Waals surface area (Å²) in [7, 11) is 6.44. The molecule has 0 spiro atoms. The molecule has 9 aliphatic rings. The lowest BCUT2D eigenvalue weighted by molar-refractivity contribution is -0.129. The normalized spacial score (nSPS) is 21.6. The molecule has 7 atom stereocenters. The predicted octanol–water partition coefficient (Wildman–Crippen LogP) is 11.6. The number of hydrogen-bond donors (Lipinski definition) is 0. The van der Waals surface area contributed by atoms with Crippen LogP contribution < -0.4 is 43.6 Å². The molecule has 12 heterocycles. The maximum atomic E-state index is 12.5. The number of carbonyl (C=O) groups is 3. The van der Waals surface area contributed by atoms with Crippen molar-refractivity contribution in [3.8, 4) is 18.0 Å². The summed E-state index contributed by atoms with van der Waals surface area (Å²) >= 11 is 0. The summed E-state index contributed by atoms with van der Waals surface area (Å²) in [5, 5.41) is 7.37. The molecular formula is C97H113N21O6. The van der Waals surface area contributed by atoms with Gasteiger partial charge < -0.3 is 82.6 Å². The highest BCUT2D eigenvalue weighted by Crippen LogP contribution is 2.41. The highest BCUT2D eigenvalue weighted by Gasteiger charge is 2.41. The first-order chi connectivity index (χ1) is 60.6. The van der Waals surface area contributed by atoms with E-state index in [9.17, 15) is 14.4 Å². The van der Waals surface area contributed by atoms with Crippen LogP contribution in [-0.4, -0.2) is 272 Å². The van der Waals surface area contributed by atoms with Crippen LogP contribution in [0.1, 0.15) is 72.8 Å². The standard InChI is InChI=1S/C33H39N7O2.2C32H37N7O2/c1-5-31(41)40-18-17-39(20-25(40)19-34-3)32-27-14-16-38(29-12-8-10-24-9-6-7-11-26(24)29)21-28(27)35-33(36-32)42-22-30-23(2)13-15-37(30)4;1-4-30(40)39-18-17-38(20-25(39)19-33-2)31-27-14-16-37(29-13-7-10-23-9-5-6-12-26(23)29)21-28(27)34-32(35-31)41-22-24-11-8-15-36(24)3;1-4-30(40)38-17-18-39(25(20-38)19-33-2)31-27-14-16-37(29-13-7-10-23-9-5-6-12-26(23)29)21-28(27)34-32(35-31)41-22-24-11-8-15-36(24)3/h5-12,23,25,30H,1,13-22H2,2,4H3;2*4-7,9-10,12-13,24-25H,1,8,11,14-22H2,3H3/t23-,25+,30-;24-,25+;24-,25?/m110/s1. The highest BCUT2D eigenvalue weighted by molar-refractivity contribution is 5.97. The SMILES string of the molecule is [C-]#[N+]CC1CN(C(=O)C=C)CCN1c1nc(OC[C@@H]2CCCN2C)nc2c1CCN(c1cccc3ccccc13)C2.[C-]#[N+]C[C@H]1CN(c2nc(OC[C@@H]3[C@H](C)CCN3C)nc3c2CCN(c2cccc4ccccc24)C3)CCN1C(=O)C=C.[C-]#[N+]C[C@H]1CN(c2nc(OC[C@H]3CCCN3C)nc3c2CCN(c2cccc4ccccc24)C3)CCN1C(=O)C=C. The smallest absolute Gasteiger partial charge is 0.318 e. The van der Waals surface area contributed by atoms with Crippen LogP contribution in [-0.2, 0) is 53.3 Å². The molecule has 0 N–H and O–H groups in total. The fourth-order valence-corrected chi connectivity index (χ4v) is 19.7. The van der Waals surface area contributed by atoms with Crippen LogP contribution in [0, 0.1) is 25.6 Å². The van der Waals surface area contributed by atoms with E-state index in [0.717, 1.165) is 129 Å². The summed E-state index contributed by atoms with van der Waals surface area (Å²) in [6.45, 7) is 51.1. The Balaban J connectivity index is 0.000000137. The van der Waals surface area contributed by atoms with Crippen molar-refractivity contribution in [3.05, 3.63) is 233 Å². The van der Waals surface area contributed by atoms with Gasteiger partial charge in [0.25, 0.3) is 0 Å². The van der Waals surface area contributed by atoms with Crippen LogP contribution in [0.5, 0.6) is 18.0 Å². The van der Waals surface area contributed by atoms with Gasteiger partial charge in [-0.2, -0.15) is 29.9 Å². The molecule has 9 aromatic rings. The van der Waals surface area contributed by atoms with Gasteiger partial charge in [0.15, 0.2) is 0 Å². The number of fused-ring (bicyclic) bond motifs is 6. The van der Waals surface area contributed by atoms with E-state index in [4.69, 9.17) is 63.8 Å². The summed E-state index contributed by atoms with van der Waals surface area (Å²) in [6, 6.07) is 46.5. The minimum absolute atomic E-state index is 0.0974. The number of ether oxygens (including phenoxy) is 3. The molecule has 6 aromatic carbocycles. The van der Waals surface area contributed by atoms with E-state index >= 15 is 0 Å². The molecular weight excluding hydrogens is 1560 g/mol. The summed E-state index contributed by atoms with van der Waals surface area (Å²) in [4.78, 5) is 105. The zero-order valence-electron chi connectivity index (χ0n) is 72.0. The van der Waals surface area contributed by atoms with E-state index in [0.29, 0.717) is 140 Å². The molecule has 124 heavy (non-hydrogen) atoms. The zero-order valence-corrected chi connectivity index (χ0v) is 72.0. The van der Waals surface area contributed by atoms with Gasteiger partial charge in [-0.3, -0.25) is 19.3 Å². The number of carbonyl (C=O) groups excluding carboxylic acids is 3. The second-order valence-electron chi connectivity index (χ2n) is 34.1. The third kappa shape index (κ3) is 18.6. The first kappa shape index (κ1) is 85.1. The first-order valence-corrected chi connectivity index (χ1v) is 44.0. The topological polar surface area (TPSA) is 208 Å². The van der Waals surface area contributed by atoms with E-state index in [-0.39, 0.29) is 55.5 Å². The number of likely N-dealkylation sites (N-methyl/N-ethyl adjacent to an activating group) is 3. The Morgan fingerprint density at radius 2 is 0.798 bits per heavy atom. The van der Waals surface area contributed by atoms with Crippen molar-refractivity contribution >= 4 is 84.6 Å². The molecule has 1 unspecified atom stereocenters. The molecule has 642 valence electrons. The van der Waals surface area contributed by atoms with Crippen LogP contribution in [0.3, 0.4) is 0 Å². The van der Waals surface area contributed by atoms with Crippen molar-refractivity contribution < 1.29 is 28.6 Å². The van der Waals surface area contributed by atoms with Crippen LogP contribution in [0.15, 0.2) is 165 Å². The maximum absolute atomic E-state index is 12.5. The number of amides is 3. The van der Waals surface area contributed by atoms with E-state index in [2.05, 4.69) is 234 Å². The zero-order chi connectivity index (χ0) is 85.9. The summed E-state index contributed by atoms with van der Waals surface area (Å²) in [5.74, 6) is 2.81. The number of hydrogen-bond acceptors (Lipinski definition) is 21. The minimum atomic E-state index is -0.222. The minimum Gasteiger partial charge on any atom is -0.462 e. The number of aromatic nitrogens is 6. The molecule has 9 aliphatic heterocycles. The van der Waals surface area contributed by atoms with Gasteiger partial charge in [-0.05, 0) is 151 Å². The van der Waals surface area contributed by atoms with E-state index in [1.807, 2.05) is 0 Å². The van der Waals surface area contributed by atoms with Crippen molar-refractivity contribution in [2.75, 3.05) is 188 Å². The lowest BCUT2D eigenvalue weighted by Gasteiger charge is -2.41. The van der Waals surface area contributed by atoms with Crippen molar-refractivity contribution in [2.45, 2.75) is 114 Å². The van der Waals surface area contributed by atoms with Crippen LogP contribution in [0.4, 0.5) is 34.5 Å². The Morgan fingerprint density at radius 1 is 0.403 bits per heavy atom. The van der Waals surface area contributed by atoms with Crippen molar-refractivity contribution in [1.29, 1.82) is 0 Å². The molecule has 27 heteroatoms. The van der Waals surface area contributed by atoms with Gasteiger partial charge in [0.05, 0.1) is 36.7 Å². The number of nitrogens with zero attached hydrogens (tertiary/aromatic N) is 21. The van der Waals surface area contributed by atoms with Crippen LogP contribution >= 0.6 is 0 Å². The van der Waals surface area contributed by atoms with Gasteiger partial charge in [-0.15, -0.1) is 0 Å². The molecule has 6 saturated heterocycles. The number of rotatable bonds is 21. The van der Waals surface area contributed by atoms with E-state index < -0.39 is 0 Å². The molecule has 0 saturated carbocycles. The van der Waals surface area contributed by atoms with Gasteiger partial charge >= 0.3 is 18.0 Å². The number of anilines is 6. The van der Waals surface area contributed by atoms with Gasteiger partial charge in [-0.25, -0.2) is 19.7 Å². The maximum Gasteiger partial charge on any atom is 0.318 e. The van der Waals surface area contributed by atoms with Gasteiger partial charge in [0.2, 0.25) is 37.4 Å².